The second-order valence-corrected chi connectivity index (χ2v) is 5.26. The van der Waals surface area contributed by atoms with Gasteiger partial charge in [-0.3, -0.25) is 4.79 Å². The normalized spacial score (nSPS) is 12.0. The van der Waals surface area contributed by atoms with E-state index >= 15 is 0 Å². The Morgan fingerprint density at radius 2 is 2.08 bits per heavy atom. The molecule has 0 aliphatic rings. The van der Waals surface area contributed by atoms with Gasteiger partial charge in [0.05, 0.1) is 20.3 Å². The number of fused-ring (bicyclic) bond motifs is 1. The lowest BCUT2D eigenvalue weighted by atomic mass is 10.1. The number of methoxy groups -OCH3 is 2. The molecular weight excluding hydrogens is 308 g/mol. The van der Waals surface area contributed by atoms with E-state index in [-0.39, 0.29) is 11.9 Å². The van der Waals surface area contributed by atoms with Crippen LogP contribution in [0.4, 0.5) is 0 Å². The summed E-state index contributed by atoms with van der Waals surface area (Å²) < 4.78 is 12.2. The quantitative estimate of drug-likeness (QED) is 0.778. The Kier molecular flexibility index (Phi) is 4.33. The molecule has 0 fully saturated rings. The maximum absolute atomic E-state index is 12.5. The van der Waals surface area contributed by atoms with Gasteiger partial charge >= 0.3 is 0 Å². The number of amides is 1. The molecule has 1 unspecified atom stereocenters. The standard InChI is InChI=1S/C17H18N4O3/c1-11(13-9-12(23-2)5-6-15(13)24-3)19-17(22)14-10-16-18-7-4-8-21(16)20-14/h4-11H,1-3H3,(H,19,22). The molecule has 0 aliphatic carbocycles. The lowest BCUT2D eigenvalue weighted by Crippen LogP contribution is -2.27. The van der Waals surface area contributed by atoms with Crippen LogP contribution in [0.3, 0.4) is 0 Å². The predicted molar refractivity (Wildman–Crippen MR) is 88.4 cm³/mol. The minimum atomic E-state index is -0.280. The first-order valence-electron chi connectivity index (χ1n) is 7.45. The molecule has 3 rings (SSSR count). The Morgan fingerprint density at radius 3 is 2.79 bits per heavy atom. The molecule has 124 valence electrons. The third kappa shape index (κ3) is 3.01. The van der Waals surface area contributed by atoms with E-state index in [9.17, 15) is 4.79 Å². The number of benzene rings is 1. The van der Waals surface area contributed by atoms with Crippen molar-refractivity contribution >= 4 is 11.6 Å². The number of carbonyl (C=O) groups is 1. The van der Waals surface area contributed by atoms with Crippen LogP contribution in [0.5, 0.6) is 11.5 Å². The first-order valence-corrected chi connectivity index (χ1v) is 7.45. The number of ether oxygens (including phenoxy) is 2. The number of nitrogens with zero attached hydrogens (tertiary/aromatic N) is 3. The van der Waals surface area contributed by atoms with Crippen molar-refractivity contribution in [1.82, 2.24) is 19.9 Å². The van der Waals surface area contributed by atoms with Crippen molar-refractivity contribution in [2.45, 2.75) is 13.0 Å². The van der Waals surface area contributed by atoms with Gasteiger partial charge in [0.1, 0.15) is 11.5 Å². The van der Waals surface area contributed by atoms with Crippen LogP contribution in [0.1, 0.15) is 29.0 Å². The topological polar surface area (TPSA) is 77.8 Å². The molecule has 0 radical (unpaired) electrons. The van der Waals surface area contributed by atoms with E-state index in [2.05, 4.69) is 15.4 Å². The zero-order valence-corrected chi connectivity index (χ0v) is 13.7. The maximum Gasteiger partial charge on any atom is 0.272 e. The first-order chi connectivity index (χ1) is 11.6. The molecule has 2 aromatic heterocycles. The van der Waals surface area contributed by atoms with Crippen molar-refractivity contribution in [2.75, 3.05) is 14.2 Å². The zero-order chi connectivity index (χ0) is 17.1. The van der Waals surface area contributed by atoms with E-state index in [1.807, 2.05) is 25.1 Å². The van der Waals surface area contributed by atoms with E-state index in [4.69, 9.17) is 9.47 Å². The molecule has 24 heavy (non-hydrogen) atoms. The van der Waals surface area contributed by atoms with Crippen molar-refractivity contribution < 1.29 is 14.3 Å². The third-order valence-electron chi connectivity index (χ3n) is 3.72. The largest absolute Gasteiger partial charge is 0.497 e. The monoisotopic (exact) mass is 326 g/mol. The van der Waals surface area contributed by atoms with Crippen LogP contribution in [-0.4, -0.2) is 34.7 Å². The highest BCUT2D eigenvalue weighted by atomic mass is 16.5. The number of hydrogen-bond donors (Lipinski definition) is 1. The maximum atomic E-state index is 12.5. The van der Waals surface area contributed by atoms with E-state index in [1.54, 1.807) is 43.3 Å². The molecule has 0 bridgehead atoms. The molecule has 3 aromatic rings. The molecule has 7 heteroatoms. The summed E-state index contributed by atoms with van der Waals surface area (Å²) in [6.45, 7) is 1.88. The molecule has 0 spiro atoms. The van der Waals surface area contributed by atoms with Gasteiger partial charge in [0.2, 0.25) is 0 Å². The Bertz CT molecular complexity index is 842. The summed E-state index contributed by atoms with van der Waals surface area (Å²) in [5.41, 5.74) is 1.75. The fourth-order valence-corrected chi connectivity index (χ4v) is 2.47. The second-order valence-electron chi connectivity index (χ2n) is 5.26. The summed E-state index contributed by atoms with van der Waals surface area (Å²) >= 11 is 0. The van der Waals surface area contributed by atoms with E-state index < -0.39 is 0 Å². The molecule has 2 heterocycles. The molecule has 0 saturated heterocycles. The molecule has 1 amide bonds. The van der Waals surface area contributed by atoms with Crippen LogP contribution < -0.4 is 14.8 Å². The smallest absolute Gasteiger partial charge is 0.272 e. The molecule has 0 aliphatic heterocycles. The number of carbonyl (C=O) groups excluding carboxylic acids is 1. The fourth-order valence-electron chi connectivity index (χ4n) is 2.47. The van der Waals surface area contributed by atoms with Gasteiger partial charge in [-0.25, -0.2) is 9.50 Å². The summed E-state index contributed by atoms with van der Waals surface area (Å²) in [4.78, 5) is 16.6. The predicted octanol–water partition coefficient (Wildman–Crippen LogP) is 2.24. The zero-order valence-electron chi connectivity index (χ0n) is 13.7. The van der Waals surface area contributed by atoms with Gasteiger partial charge in [-0.2, -0.15) is 5.10 Å². The molecule has 1 N–H and O–H groups in total. The van der Waals surface area contributed by atoms with Gasteiger partial charge < -0.3 is 14.8 Å². The summed E-state index contributed by atoms with van der Waals surface area (Å²) in [5.74, 6) is 1.10. The summed E-state index contributed by atoms with van der Waals surface area (Å²) in [5, 5.41) is 7.14. The van der Waals surface area contributed by atoms with Crippen LogP contribution in [0.25, 0.3) is 5.65 Å². The van der Waals surface area contributed by atoms with Crippen molar-refractivity contribution in [3.8, 4) is 11.5 Å². The number of rotatable bonds is 5. The Balaban J connectivity index is 1.83. The van der Waals surface area contributed by atoms with Gasteiger partial charge in [-0.15, -0.1) is 0 Å². The Morgan fingerprint density at radius 1 is 1.25 bits per heavy atom. The van der Waals surface area contributed by atoms with Gasteiger partial charge in [-0.05, 0) is 31.2 Å². The van der Waals surface area contributed by atoms with Crippen molar-refractivity contribution in [2.24, 2.45) is 0 Å². The van der Waals surface area contributed by atoms with E-state index in [0.717, 1.165) is 5.56 Å². The minimum Gasteiger partial charge on any atom is -0.497 e. The molecule has 0 saturated carbocycles. The van der Waals surface area contributed by atoms with Crippen LogP contribution in [0, 0.1) is 0 Å². The van der Waals surface area contributed by atoms with Crippen molar-refractivity contribution in [1.29, 1.82) is 0 Å². The van der Waals surface area contributed by atoms with Gasteiger partial charge in [0.25, 0.3) is 5.91 Å². The highest BCUT2D eigenvalue weighted by molar-refractivity contribution is 5.93. The average molecular weight is 326 g/mol. The molecule has 7 nitrogen and oxygen atoms in total. The number of aromatic nitrogens is 3. The highest BCUT2D eigenvalue weighted by Crippen LogP contribution is 2.29. The second kappa shape index (κ2) is 6.57. The van der Waals surface area contributed by atoms with E-state index in [0.29, 0.717) is 22.8 Å². The third-order valence-corrected chi connectivity index (χ3v) is 3.72. The van der Waals surface area contributed by atoms with Crippen LogP contribution >= 0.6 is 0 Å². The first kappa shape index (κ1) is 15.8. The van der Waals surface area contributed by atoms with Crippen LogP contribution in [0.2, 0.25) is 0 Å². The van der Waals surface area contributed by atoms with Gasteiger partial charge in [0, 0.05) is 24.0 Å². The average Bonchev–Trinajstić information content (AvgIpc) is 3.05. The van der Waals surface area contributed by atoms with Crippen LogP contribution in [-0.2, 0) is 0 Å². The fraction of sp³-hybridized carbons (Fsp3) is 0.235. The molecule has 1 aromatic carbocycles. The number of nitrogens with one attached hydrogen (secondary N) is 1. The lowest BCUT2D eigenvalue weighted by Gasteiger charge is -2.17. The molecule has 1 atom stereocenters. The Hall–Kier alpha value is -3.09. The summed E-state index contributed by atoms with van der Waals surface area (Å²) in [6, 6.07) is 8.59. The Labute approximate surface area is 139 Å². The van der Waals surface area contributed by atoms with Crippen LogP contribution in [0.15, 0.2) is 42.7 Å². The summed E-state index contributed by atoms with van der Waals surface area (Å²) in [7, 11) is 3.19. The van der Waals surface area contributed by atoms with Crippen molar-refractivity contribution in [3.63, 3.8) is 0 Å². The lowest BCUT2D eigenvalue weighted by molar-refractivity contribution is 0.0934. The highest BCUT2D eigenvalue weighted by Gasteiger charge is 2.18. The number of hydrogen-bond acceptors (Lipinski definition) is 5. The SMILES string of the molecule is COc1ccc(OC)c(C(C)NC(=O)c2cc3ncccn3n2)c1. The van der Waals surface area contributed by atoms with Crippen molar-refractivity contribution in [3.05, 3.63) is 54.0 Å². The summed E-state index contributed by atoms with van der Waals surface area (Å²) in [6.07, 6.45) is 3.40. The van der Waals surface area contributed by atoms with E-state index in [1.165, 1.54) is 0 Å². The molecular formula is C17H18N4O3. The minimum absolute atomic E-state index is 0.277. The van der Waals surface area contributed by atoms with Gasteiger partial charge in [0.15, 0.2) is 11.3 Å². The van der Waals surface area contributed by atoms with Gasteiger partial charge in [-0.1, -0.05) is 0 Å².